The summed E-state index contributed by atoms with van der Waals surface area (Å²) in [6.45, 7) is 5.74. The number of hydrogen-bond donors (Lipinski definition) is 0. The zero-order valence-corrected chi connectivity index (χ0v) is 17.3. The van der Waals surface area contributed by atoms with E-state index in [0.717, 1.165) is 12.7 Å². The molecule has 0 aliphatic rings. The summed E-state index contributed by atoms with van der Waals surface area (Å²) in [5.74, 6) is 0. The average Bonchev–Trinajstić information content (AvgIpc) is 2.65. The highest BCUT2D eigenvalue weighted by atomic mass is 79.9. The third-order valence-corrected chi connectivity index (χ3v) is 8.50. The summed E-state index contributed by atoms with van der Waals surface area (Å²) >= 11 is 0. The van der Waals surface area contributed by atoms with Gasteiger partial charge >= 0.3 is 0 Å². The maximum atomic E-state index is 2.62. The molecule has 130 valence electrons. The van der Waals surface area contributed by atoms with Crippen molar-refractivity contribution in [1.82, 2.24) is 0 Å². The number of nitrogens with zero attached hydrogens (tertiary/aromatic N) is 1. The van der Waals surface area contributed by atoms with Crippen LogP contribution in [0.25, 0.3) is 0 Å². The van der Waals surface area contributed by atoms with Gasteiger partial charge in [0.1, 0.15) is 18.9 Å². The first kappa shape index (κ1) is 19.7. The van der Waals surface area contributed by atoms with Crippen LogP contribution in [0.5, 0.6) is 0 Å². The number of para-hydroxylation sites is 1. The molecule has 0 heterocycles. The van der Waals surface area contributed by atoms with E-state index in [1.54, 1.807) is 0 Å². The van der Waals surface area contributed by atoms with E-state index in [1.807, 2.05) is 0 Å². The Morgan fingerprint density at radius 3 is 1.72 bits per heavy atom. The summed E-state index contributed by atoms with van der Waals surface area (Å²) < 4.78 is 2.62. The van der Waals surface area contributed by atoms with Crippen molar-refractivity contribution in [2.75, 3.05) is 17.9 Å². The highest BCUT2D eigenvalue weighted by Crippen LogP contribution is 2.61. The van der Waals surface area contributed by atoms with Gasteiger partial charge in [0.25, 0.3) is 0 Å². The molecule has 0 aromatic heterocycles. The standard InChI is InChI=1S/C22H25NP.BrH/c1-3-23(21-15-9-5-10-16-21)24(2,22-17-11-6-12-18-22)19-20-13-7-4-8-14-20;/h4-18H,3,19H2,1-2H3;1H/q+1;/p-1. The maximum Gasteiger partial charge on any atom is 0.139 e. The molecule has 3 aromatic rings. The molecule has 0 aliphatic carbocycles. The molecule has 1 nitrogen and oxygen atoms in total. The SMILES string of the molecule is CCN(c1ccccc1)[P+](C)(Cc1ccccc1)c1ccccc1.[Br-]. The van der Waals surface area contributed by atoms with Crippen molar-refractivity contribution in [3.05, 3.63) is 96.6 Å². The molecule has 25 heavy (non-hydrogen) atoms. The van der Waals surface area contributed by atoms with Gasteiger partial charge < -0.3 is 17.0 Å². The predicted octanol–water partition coefficient (Wildman–Crippen LogP) is 2.61. The van der Waals surface area contributed by atoms with E-state index in [4.69, 9.17) is 0 Å². The summed E-state index contributed by atoms with van der Waals surface area (Å²) in [6.07, 6.45) is 1.08. The van der Waals surface area contributed by atoms with E-state index < -0.39 is 7.41 Å². The molecule has 0 saturated heterocycles. The minimum Gasteiger partial charge on any atom is -1.00 e. The summed E-state index contributed by atoms with van der Waals surface area (Å²) in [6, 6.07) is 32.7. The molecule has 3 aromatic carbocycles. The number of anilines is 1. The molecule has 3 rings (SSSR count). The lowest BCUT2D eigenvalue weighted by molar-refractivity contribution is -0.00000492. The smallest absolute Gasteiger partial charge is 0.139 e. The van der Waals surface area contributed by atoms with E-state index in [-0.39, 0.29) is 17.0 Å². The number of halogens is 1. The molecule has 0 saturated carbocycles. The first-order valence-corrected chi connectivity index (χ1v) is 10.9. The Morgan fingerprint density at radius 1 is 0.720 bits per heavy atom. The van der Waals surface area contributed by atoms with Crippen LogP contribution < -0.4 is 27.0 Å². The Hall–Kier alpha value is -1.63. The lowest BCUT2D eigenvalue weighted by Gasteiger charge is -2.35. The van der Waals surface area contributed by atoms with Crippen LogP contribution in [-0.2, 0) is 6.16 Å². The first-order valence-electron chi connectivity index (χ1n) is 8.52. The summed E-state index contributed by atoms with van der Waals surface area (Å²) in [4.78, 5) is 0. The molecule has 0 N–H and O–H groups in total. The van der Waals surface area contributed by atoms with E-state index >= 15 is 0 Å². The molecule has 0 amide bonds. The van der Waals surface area contributed by atoms with Gasteiger partial charge in [0.2, 0.25) is 0 Å². The van der Waals surface area contributed by atoms with Crippen LogP contribution in [0.1, 0.15) is 12.5 Å². The van der Waals surface area contributed by atoms with Crippen molar-refractivity contribution in [2.24, 2.45) is 0 Å². The van der Waals surface area contributed by atoms with Gasteiger partial charge in [-0.1, -0.05) is 66.7 Å². The molecule has 1 atom stereocenters. The van der Waals surface area contributed by atoms with Crippen LogP contribution in [0.2, 0.25) is 0 Å². The number of hydrogen-bond acceptors (Lipinski definition) is 1. The Morgan fingerprint density at radius 2 is 1.20 bits per heavy atom. The van der Waals surface area contributed by atoms with Crippen molar-refractivity contribution in [1.29, 1.82) is 0 Å². The molecule has 0 aliphatic heterocycles. The Kier molecular flexibility index (Phi) is 7.23. The van der Waals surface area contributed by atoms with Crippen LogP contribution in [0.4, 0.5) is 5.69 Å². The lowest BCUT2D eigenvalue weighted by atomic mass is 10.2. The third kappa shape index (κ3) is 4.51. The molecular weight excluding hydrogens is 389 g/mol. The average molecular weight is 414 g/mol. The molecule has 3 heteroatoms. The fourth-order valence-electron chi connectivity index (χ4n) is 3.35. The lowest BCUT2D eigenvalue weighted by Crippen LogP contribution is -3.00. The van der Waals surface area contributed by atoms with Crippen LogP contribution in [0.3, 0.4) is 0 Å². The minimum atomic E-state index is -1.54. The Balaban J connectivity index is 0.00000225. The van der Waals surface area contributed by atoms with Gasteiger partial charge in [-0.2, -0.15) is 0 Å². The van der Waals surface area contributed by atoms with E-state index in [9.17, 15) is 0 Å². The second-order valence-corrected chi connectivity index (χ2v) is 9.76. The summed E-state index contributed by atoms with van der Waals surface area (Å²) in [5, 5.41) is 1.46. The monoisotopic (exact) mass is 413 g/mol. The summed E-state index contributed by atoms with van der Waals surface area (Å²) in [5.41, 5.74) is 2.72. The van der Waals surface area contributed by atoms with Gasteiger partial charge in [-0.15, -0.1) is 0 Å². The molecule has 1 unspecified atom stereocenters. The maximum absolute atomic E-state index is 2.62. The quantitative estimate of drug-likeness (QED) is 0.561. The number of benzene rings is 3. The van der Waals surface area contributed by atoms with E-state index in [0.29, 0.717) is 0 Å². The van der Waals surface area contributed by atoms with Crippen LogP contribution in [0, 0.1) is 0 Å². The Labute approximate surface area is 162 Å². The van der Waals surface area contributed by atoms with Gasteiger partial charge in [-0.25, -0.2) is 4.67 Å². The molecular formula is C22H25BrNP. The van der Waals surface area contributed by atoms with Crippen LogP contribution in [-0.4, -0.2) is 13.2 Å². The second-order valence-electron chi connectivity index (χ2n) is 6.17. The van der Waals surface area contributed by atoms with Crippen LogP contribution in [0.15, 0.2) is 91.0 Å². The van der Waals surface area contributed by atoms with Gasteiger partial charge in [-0.05, 0) is 36.8 Å². The Bertz CT molecular complexity index is 749. The zero-order chi connectivity index (χ0) is 16.8. The largest absolute Gasteiger partial charge is 1.00 e. The normalized spacial score (nSPS) is 12.7. The highest BCUT2D eigenvalue weighted by molar-refractivity contribution is 7.83. The van der Waals surface area contributed by atoms with Gasteiger partial charge in [0, 0.05) is 0 Å². The summed E-state index contributed by atoms with van der Waals surface area (Å²) in [7, 11) is -1.54. The zero-order valence-electron chi connectivity index (χ0n) is 14.8. The fraction of sp³-hybridized carbons (Fsp3) is 0.182. The van der Waals surface area contributed by atoms with Crippen molar-refractivity contribution in [2.45, 2.75) is 13.1 Å². The molecule has 0 fully saturated rings. The first-order chi connectivity index (χ1) is 11.7. The number of rotatable bonds is 6. The highest BCUT2D eigenvalue weighted by Gasteiger charge is 2.41. The fourth-order valence-corrected chi connectivity index (χ4v) is 6.99. The van der Waals surface area contributed by atoms with E-state index in [2.05, 4.69) is 109 Å². The third-order valence-electron chi connectivity index (χ3n) is 4.53. The van der Waals surface area contributed by atoms with Crippen molar-refractivity contribution in [3.63, 3.8) is 0 Å². The minimum absolute atomic E-state index is 0. The van der Waals surface area contributed by atoms with Crippen LogP contribution >= 0.6 is 7.41 Å². The van der Waals surface area contributed by atoms with Crippen molar-refractivity contribution in [3.8, 4) is 0 Å². The second kappa shape index (κ2) is 9.17. The topological polar surface area (TPSA) is 3.24 Å². The van der Waals surface area contributed by atoms with E-state index in [1.165, 1.54) is 16.6 Å². The van der Waals surface area contributed by atoms with Crippen molar-refractivity contribution < 1.29 is 17.0 Å². The molecule has 0 spiro atoms. The molecule has 0 bridgehead atoms. The van der Waals surface area contributed by atoms with Gasteiger partial charge in [0.15, 0.2) is 0 Å². The van der Waals surface area contributed by atoms with Gasteiger partial charge in [0.05, 0.1) is 18.9 Å². The van der Waals surface area contributed by atoms with Gasteiger partial charge in [-0.3, -0.25) is 0 Å². The van der Waals surface area contributed by atoms with Crippen molar-refractivity contribution >= 4 is 18.4 Å². The molecule has 0 radical (unpaired) electrons. The predicted molar refractivity (Wildman–Crippen MR) is 109 cm³/mol.